The zero-order valence-corrected chi connectivity index (χ0v) is 18.2. The predicted octanol–water partition coefficient (Wildman–Crippen LogP) is 0.0538. The van der Waals surface area contributed by atoms with Crippen molar-refractivity contribution >= 4 is 40.8 Å². The van der Waals surface area contributed by atoms with Crippen LogP contribution in [0, 0.1) is 5.41 Å². The normalized spacial score (nSPS) is 13.8. The molecule has 11 heteroatoms. The van der Waals surface area contributed by atoms with Gasteiger partial charge in [-0.1, -0.05) is 23.2 Å². The fourth-order valence-corrected chi connectivity index (χ4v) is 3.31. The molecule has 1 aromatic carbocycles. The van der Waals surface area contributed by atoms with Gasteiger partial charge >= 0.3 is 18.9 Å². The number of carboxylic acid groups (broad SMARTS) is 1. The summed E-state index contributed by atoms with van der Waals surface area (Å²) >= 11 is 12.5. The van der Waals surface area contributed by atoms with Crippen LogP contribution >= 0.6 is 23.2 Å². The maximum absolute atomic E-state index is 12.3. The van der Waals surface area contributed by atoms with Crippen molar-refractivity contribution in [1.82, 2.24) is 14.8 Å². The Balaban J connectivity index is 0.00000272. The molecule has 1 saturated carbocycles. The number of aryl methyl sites for hydroxylation is 1. The maximum Gasteiger partial charge on any atom is 1.00 e. The summed E-state index contributed by atoms with van der Waals surface area (Å²) in [6.07, 6.45) is 5.57. The number of anilines is 1. The molecule has 1 aliphatic rings. The van der Waals surface area contributed by atoms with Gasteiger partial charge in [0, 0.05) is 37.1 Å². The van der Waals surface area contributed by atoms with Gasteiger partial charge in [-0.05, 0) is 25.0 Å². The van der Waals surface area contributed by atoms with Gasteiger partial charge in [-0.2, -0.15) is 5.10 Å². The van der Waals surface area contributed by atoms with E-state index in [9.17, 15) is 14.7 Å². The van der Waals surface area contributed by atoms with Crippen LogP contribution in [0.2, 0.25) is 10.0 Å². The van der Waals surface area contributed by atoms with Crippen LogP contribution in [0.1, 0.15) is 12.8 Å². The summed E-state index contributed by atoms with van der Waals surface area (Å²) in [4.78, 5) is 27.8. The van der Waals surface area contributed by atoms with E-state index in [-0.39, 0.29) is 53.2 Å². The molecule has 2 heterocycles. The van der Waals surface area contributed by atoms with E-state index in [0.717, 1.165) is 5.56 Å². The summed E-state index contributed by atoms with van der Waals surface area (Å²) < 4.78 is 7.50. The first kappa shape index (κ1) is 23.2. The number of amides is 1. The van der Waals surface area contributed by atoms with Crippen molar-refractivity contribution in [1.29, 1.82) is 0 Å². The molecule has 3 aromatic rings. The largest absolute Gasteiger partial charge is 1.00 e. The number of aliphatic carboxylic acids is 1. The molecule has 0 spiro atoms. The summed E-state index contributed by atoms with van der Waals surface area (Å²) in [5.41, 5.74) is 0.193. The van der Waals surface area contributed by atoms with Crippen LogP contribution in [-0.4, -0.2) is 26.6 Å². The Morgan fingerprint density at radius 1 is 1.23 bits per heavy atom. The average Bonchev–Trinajstić information content (AvgIpc) is 3.42. The molecule has 1 N–H and O–H groups in total. The van der Waals surface area contributed by atoms with E-state index >= 15 is 0 Å². The maximum atomic E-state index is 12.3. The van der Waals surface area contributed by atoms with Gasteiger partial charge in [0.25, 0.3) is 0 Å². The molecular weight excluding hydrogens is 438 g/mol. The molecule has 2 aromatic heterocycles. The Labute approximate surface area is 199 Å². The molecule has 154 valence electrons. The number of nitrogens with zero attached hydrogens (tertiary/aromatic N) is 3. The molecule has 0 saturated heterocycles. The van der Waals surface area contributed by atoms with Gasteiger partial charge in [0.2, 0.25) is 5.91 Å². The average molecular weight is 453 g/mol. The second-order valence-electron chi connectivity index (χ2n) is 6.97. The molecule has 8 nitrogen and oxygen atoms in total. The van der Waals surface area contributed by atoms with Crippen LogP contribution in [0.15, 0.2) is 42.9 Å². The van der Waals surface area contributed by atoms with Crippen molar-refractivity contribution < 1.29 is 38.3 Å². The monoisotopic (exact) mass is 452 g/mol. The first-order valence-corrected chi connectivity index (χ1v) is 9.69. The summed E-state index contributed by atoms with van der Waals surface area (Å²) in [6.45, 7) is 0. The van der Waals surface area contributed by atoms with Gasteiger partial charge in [0.1, 0.15) is 11.5 Å². The number of benzene rings is 1. The van der Waals surface area contributed by atoms with Gasteiger partial charge in [-0.25, -0.2) is 0 Å². The van der Waals surface area contributed by atoms with E-state index in [1.807, 2.05) is 13.2 Å². The molecule has 0 bridgehead atoms. The molecule has 0 atom stereocenters. The van der Waals surface area contributed by atoms with Crippen LogP contribution in [0.4, 0.5) is 5.69 Å². The minimum absolute atomic E-state index is 0. The molecule has 4 rings (SSSR count). The smallest absolute Gasteiger partial charge is 0.549 e. The van der Waals surface area contributed by atoms with E-state index in [0.29, 0.717) is 11.4 Å². The Kier molecular flexibility index (Phi) is 6.67. The molecule has 1 amide bonds. The minimum Gasteiger partial charge on any atom is -0.549 e. The number of carbonyl (C=O) groups is 2. The summed E-state index contributed by atoms with van der Waals surface area (Å²) in [5.74, 6) is -1.33. The third-order valence-corrected chi connectivity index (χ3v) is 5.41. The summed E-state index contributed by atoms with van der Waals surface area (Å²) in [5, 5.41) is 18.2. The Hall–Kier alpha value is -2.50. The summed E-state index contributed by atoms with van der Waals surface area (Å²) in [6, 6.07) is 6.25. The molecule has 0 unspecified atom stereocenters. The third kappa shape index (κ3) is 4.73. The number of halogens is 2. The van der Waals surface area contributed by atoms with E-state index in [4.69, 9.17) is 27.9 Å². The van der Waals surface area contributed by atoms with E-state index in [1.54, 1.807) is 29.2 Å². The number of aromatic nitrogens is 3. The number of nitrogens with one attached hydrogen (secondary N) is 1. The van der Waals surface area contributed by atoms with Crippen molar-refractivity contribution in [3.05, 3.63) is 52.9 Å². The second kappa shape index (κ2) is 8.93. The Bertz CT molecular complexity index is 1160. The van der Waals surface area contributed by atoms with Gasteiger partial charge < -0.3 is 20.0 Å². The fraction of sp³-hybridized carbons (Fsp3) is 0.200. The predicted molar refractivity (Wildman–Crippen MR) is 108 cm³/mol. The molecule has 0 aliphatic heterocycles. The number of carboxylic acids is 1. The van der Waals surface area contributed by atoms with Crippen LogP contribution in [-0.2, 0) is 16.6 Å². The topological polar surface area (TPSA) is 109 Å². The van der Waals surface area contributed by atoms with Crippen LogP contribution < -0.4 is 34.0 Å². The number of ether oxygens (including phenoxy) is 1. The van der Waals surface area contributed by atoms with Gasteiger partial charge in [0.05, 0.1) is 39.0 Å². The van der Waals surface area contributed by atoms with E-state index in [2.05, 4.69) is 15.4 Å². The molecule has 1 aliphatic carbocycles. The van der Waals surface area contributed by atoms with Crippen LogP contribution in [0.3, 0.4) is 0 Å². The van der Waals surface area contributed by atoms with Gasteiger partial charge in [-0.15, -0.1) is 0 Å². The first-order valence-electron chi connectivity index (χ1n) is 8.93. The molecule has 1 fully saturated rings. The zero-order chi connectivity index (χ0) is 21.5. The Morgan fingerprint density at radius 3 is 2.58 bits per heavy atom. The molecule has 31 heavy (non-hydrogen) atoms. The number of hydrogen-bond acceptors (Lipinski definition) is 6. The van der Waals surface area contributed by atoms with Crippen molar-refractivity contribution in [3.8, 4) is 22.8 Å². The fourth-order valence-electron chi connectivity index (χ4n) is 2.91. The quantitative estimate of drug-likeness (QED) is 0.418. The van der Waals surface area contributed by atoms with Crippen molar-refractivity contribution in [2.75, 3.05) is 5.32 Å². The molecule has 0 radical (unpaired) electrons. The molecular formula is C20H15Cl2LiN4O4. The van der Waals surface area contributed by atoms with E-state index < -0.39 is 17.3 Å². The first-order chi connectivity index (χ1) is 14.3. The SMILES string of the molecule is Cn1cc(-c2cc(Oc3cc(Cl)c(NC(=O)C4(C(=O)[O-])CC4)cc3Cl)ccn2)cn1.[Li+]. The minimum atomic E-state index is -1.50. The van der Waals surface area contributed by atoms with Crippen LogP contribution in [0.25, 0.3) is 11.3 Å². The number of pyridine rings is 1. The summed E-state index contributed by atoms with van der Waals surface area (Å²) in [7, 11) is 1.81. The van der Waals surface area contributed by atoms with Crippen LogP contribution in [0.5, 0.6) is 11.5 Å². The number of hydrogen-bond donors (Lipinski definition) is 1. The van der Waals surface area contributed by atoms with E-state index in [1.165, 1.54) is 12.1 Å². The van der Waals surface area contributed by atoms with Crippen molar-refractivity contribution in [2.24, 2.45) is 12.5 Å². The zero-order valence-electron chi connectivity index (χ0n) is 16.7. The van der Waals surface area contributed by atoms with Gasteiger partial charge in [0.15, 0.2) is 0 Å². The Morgan fingerprint density at radius 2 is 1.97 bits per heavy atom. The van der Waals surface area contributed by atoms with Crippen molar-refractivity contribution in [3.63, 3.8) is 0 Å². The number of rotatable bonds is 6. The van der Waals surface area contributed by atoms with Gasteiger partial charge in [-0.3, -0.25) is 14.5 Å². The third-order valence-electron chi connectivity index (χ3n) is 4.81. The van der Waals surface area contributed by atoms with Crippen molar-refractivity contribution in [2.45, 2.75) is 12.8 Å². The second-order valence-corrected chi connectivity index (χ2v) is 7.78. The number of carbonyl (C=O) groups excluding carboxylic acids is 2. The standard InChI is InChI=1S/C20H16Cl2N4O4.Li/c1-26-10-11(9-24-26)15-6-12(2-5-23-15)30-17-8-13(21)16(7-14(17)22)25-18(27)20(3-4-20)19(28)29;/h2,5-10H,3-4H2,1H3,(H,25,27)(H,28,29);/q;+1/p-1.